The normalized spacial score (nSPS) is 15.0. The quantitative estimate of drug-likeness (QED) is 0.0505. The van der Waals surface area contributed by atoms with Gasteiger partial charge in [0.25, 0.3) is 0 Å². The van der Waals surface area contributed by atoms with E-state index in [1.54, 1.807) is 6.26 Å². The van der Waals surface area contributed by atoms with Gasteiger partial charge in [-0.05, 0) is 38.2 Å². The maximum Gasteiger partial charge on any atom is 0.326 e. The fourth-order valence-electron chi connectivity index (χ4n) is 2.75. The summed E-state index contributed by atoms with van der Waals surface area (Å²) in [5.41, 5.74) is 21.4. The lowest BCUT2D eigenvalue weighted by Gasteiger charge is -2.26. The van der Waals surface area contributed by atoms with Gasteiger partial charge in [-0.1, -0.05) is 0 Å². The molecule has 5 unspecified atom stereocenters. The van der Waals surface area contributed by atoms with Crippen molar-refractivity contribution in [1.82, 2.24) is 16.0 Å². The summed E-state index contributed by atoms with van der Waals surface area (Å²) >= 11 is 1.38. The first-order valence-corrected chi connectivity index (χ1v) is 12.1. The summed E-state index contributed by atoms with van der Waals surface area (Å²) in [4.78, 5) is 64.3. The molecule has 200 valence electrons. The number of nitrogens with one attached hydrogen (secondary N) is 3. The van der Waals surface area contributed by atoms with E-state index in [2.05, 4.69) is 20.9 Å². The number of carbonyl (C=O) groups excluding carboxylic acids is 4. The highest BCUT2D eigenvalue weighted by molar-refractivity contribution is 7.98. The van der Waals surface area contributed by atoms with Gasteiger partial charge in [-0.15, -0.1) is 0 Å². The van der Waals surface area contributed by atoms with Crippen molar-refractivity contribution in [1.29, 1.82) is 0 Å². The second-order valence-corrected chi connectivity index (χ2v) is 8.68. The van der Waals surface area contributed by atoms with Crippen molar-refractivity contribution >= 4 is 47.3 Å². The number of thioether (sulfide) groups is 1. The highest BCUT2D eigenvalue weighted by Gasteiger charge is 2.33. The minimum absolute atomic E-state index is 0.114. The molecule has 0 aliphatic carbocycles. The average Bonchev–Trinajstić information content (AvgIpc) is 2.75. The van der Waals surface area contributed by atoms with E-state index in [0.29, 0.717) is 12.2 Å². The standard InChI is InChI=1S/C19H36N8O7S/c1-9(28)14(17(32)25-11(18(33)34)5-7-35-2)27-16(31)12(8-13(21)29)26-15(30)10(20)4-3-6-24-19(22)23/h9-12,14,28H,3-8,20H2,1-2H3,(H2,21,29)(H,25,32)(H,26,30)(H,27,31)(H,33,34)(H4,22,23,24). The molecule has 0 saturated heterocycles. The lowest BCUT2D eigenvalue weighted by atomic mass is 10.1. The number of carboxylic acid groups (broad SMARTS) is 1. The van der Waals surface area contributed by atoms with Crippen LogP contribution in [-0.2, 0) is 24.0 Å². The van der Waals surface area contributed by atoms with Gasteiger partial charge in [0.05, 0.1) is 18.6 Å². The van der Waals surface area contributed by atoms with Gasteiger partial charge in [0.1, 0.15) is 18.1 Å². The summed E-state index contributed by atoms with van der Waals surface area (Å²) in [6, 6.07) is -5.37. The number of aliphatic carboxylic acids is 1. The van der Waals surface area contributed by atoms with Crippen LogP contribution in [0.1, 0.15) is 32.6 Å². The van der Waals surface area contributed by atoms with Gasteiger partial charge in [-0.2, -0.15) is 11.8 Å². The molecule has 13 N–H and O–H groups in total. The maximum absolute atomic E-state index is 12.8. The summed E-state index contributed by atoms with van der Waals surface area (Å²) in [5, 5.41) is 26.1. The second-order valence-electron chi connectivity index (χ2n) is 7.69. The number of nitrogens with two attached hydrogens (primary N) is 4. The predicted molar refractivity (Wildman–Crippen MR) is 130 cm³/mol. The molecule has 0 aliphatic heterocycles. The van der Waals surface area contributed by atoms with E-state index in [1.165, 1.54) is 18.7 Å². The molecule has 0 aromatic carbocycles. The molecule has 0 heterocycles. The fraction of sp³-hybridized carbons (Fsp3) is 0.684. The molecule has 35 heavy (non-hydrogen) atoms. The van der Waals surface area contributed by atoms with Crippen LogP contribution >= 0.6 is 11.8 Å². The van der Waals surface area contributed by atoms with Crippen LogP contribution in [0.25, 0.3) is 0 Å². The Balaban J connectivity index is 5.30. The van der Waals surface area contributed by atoms with Gasteiger partial charge in [0.15, 0.2) is 5.96 Å². The van der Waals surface area contributed by atoms with Gasteiger partial charge in [-0.25, -0.2) is 4.79 Å². The lowest BCUT2D eigenvalue weighted by molar-refractivity contribution is -0.143. The van der Waals surface area contributed by atoms with E-state index in [9.17, 15) is 34.2 Å². The molecule has 16 heteroatoms. The monoisotopic (exact) mass is 520 g/mol. The smallest absolute Gasteiger partial charge is 0.326 e. The third-order valence-corrected chi connectivity index (χ3v) is 5.27. The van der Waals surface area contributed by atoms with Crippen molar-refractivity contribution in [2.75, 3.05) is 18.6 Å². The molecule has 0 aromatic heterocycles. The number of hydrogen-bond acceptors (Lipinski definition) is 9. The van der Waals surface area contributed by atoms with Crippen molar-refractivity contribution in [3.05, 3.63) is 0 Å². The summed E-state index contributed by atoms with van der Waals surface area (Å²) in [7, 11) is 0. The third-order valence-electron chi connectivity index (χ3n) is 4.63. The summed E-state index contributed by atoms with van der Waals surface area (Å²) in [6.45, 7) is 1.43. The van der Waals surface area contributed by atoms with Gasteiger partial charge in [-0.3, -0.25) is 24.2 Å². The van der Waals surface area contributed by atoms with Crippen molar-refractivity contribution in [3.8, 4) is 0 Å². The van der Waals surface area contributed by atoms with E-state index in [1.807, 2.05) is 0 Å². The minimum Gasteiger partial charge on any atom is -0.480 e. The van der Waals surface area contributed by atoms with Crippen LogP contribution in [0.2, 0.25) is 0 Å². The Hall–Kier alpha value is -3.11. The molecule has 4 amide bonds. The first kappa shape index (κ1) is 31.9. The van der Waals surface area contributed by atoms with Crippen LogP contribution in [0.3, 0.4) is 0 Å². The largest absolute Gasteiger partial charge is 0.480 e. The first-order chi connectivity index (χ1) is 16.3. The number of aliphatic imine (C=N–C) groups is 1. The summed E-state index contributed by atoms with van der Waals surface area (Å²) in [6.07, 6.45) is 0.366. The Labute approximate surface area is 207 Å². The van der Waals surface area contributed by atoms with Crippen LogP contribution in [0.5, 0.6) is 0 Å². The molecule has 0 aromatic rings. The number of primary amides is 1. The Bertz CT molecular complexity index is 776. The second kappa shape index (κ2) is 16.5. The number of hydrogen-bond donors (Lipinski definition) is 9. The molecule has 15 nitrogen and oxygen atoms in total. The topological polar surface area (TPSA) is 278 Å². The van der Waals surface area contributed by atoms with Crippen LogP contribution in [0.4, 0.5) is 0 Å². The molecule has 0 radical (unpaired) electrons. The molecule has 0 aliphatic rings. The Kier molecular flexibility index (Phi) is 15.0. The molecule has 0 rings (SSSR count). The van der Waals surface area contributed by atoms with E-state index in [-0.39, 0.29) is 25.3 Å². The Morgan fingerprint density at radius 1 is 0.943 bits per heavy atom. The van der Waals surface area contributed by atoms with Gasteiger partial charge in [0, 0.05) is 6.54 Å². The number of nitrogens with zero attached hydrogens (tertiary/aromatic N) is 1. The van der Waals surface area contributed by atoms with E-state index in [0.717, 1.165) is 0 Å². The number of rotatable bonds is 17. The minimum atomic E-state index is -1.57. The van der Waals surface area contributed by atoms with E-state index < -0.39 is 66.3 Å². The molecular weight excluding hydrogens is 484 g/mol. The van der Waals surface area contributed by atoms with Gasteiger partial charge >= 0.3 is 5.97 Å². The van der Waals surface area contributed by atoms with Crippen molar-refractivity contribution < 1.29 is 34.2 Å². The number of guanidine groups is 1. The predicted octanol–water partition coefficient (Wildman–Crippen LogP) is -4.08. The highest BCUT2D eigenvalue weighted by Crippen LogP contribution is 2.04. The van der Waals surface area contributed by atoms with Crippen LogP contribution in [0.15, 0.2) is 4.99 Å². The van der Waals surface area contributed by atoms with Crippen molar-refractivity contribution in [2.45, 2.75) is 62.9 Å². The molecular formula is C19H36N8O7S. The highest BCUT2D eigenvalue weighted by atomic mass is 32.2. The Morgan fingerprint density at radius 3 is 2.03 bits per heavy atom. The number of amides is 4. The molecule has 5 atom stereocenters. The molecule has 0 bridgehead atoms. The maximum atomic E-state index is 12.8. The third kappa shape index (κ3) is 13.4. The van der Waals surface area contributed by atoms with Crippen molar-refractivity contribution in [2.24, 2.45) is 27.9 Å². The zero-order chi connectivity index (χ0) is 27.1. The summed E-state index contributed by atoms with van der Waals surface area (Å²) < 4.78 is 0. The molecule has 0 saturated carbocycles. The number of aliphatic hydroxyl groups is 1. The fourth-order valence-corrected chi connectivity index (χ4v) is 3.22. The molecule has 0 fully saturated rings. The summed E-state index contributed by atoms with van der Waals surface area (Å²) in [5.74, 6) is -4.59. The average molecular weight is 521 g/mol. The van der Waals surface area contributed by atoms with Gasteiger partial charge < -0.3 is 49.1 Å². The lowest BCUT2D eigenvalue weighted by Crippen LogP contribution is -2.60. The van der Waals surface area contributed by atoms with E-state index >= 15 is 0 Å². The van der Waals surface area contributed by atoms with E-state index in [4.69, 9.17) is 22.9 Å². The first-order valence-electron chi connectivity index (χ1n) is 10.7. The number of carbonyl (C=O) groups is 5. The van der Waals surface area contributed by atoms with Crippen LogP contribution < -0.4 is 38.9 Å². The SMILES string of the molecule is CSCCC(NC(=O)C(NC(=O)C(CC(N)=O)NC(=O)C(N)CCCN=C(N)N)C(C)O)C(=O)O. The van der Waals surface area contributed by atoms with Crippen molar-refractivity contribution in [3.63, 3.8) is 0 Å². The Morgan fingerprint density at radius 2 is 1.54 bits per heavy atom. The molecule has 0 spiro atoms. The zero-order valence-corrected chi connectivity index (χ0v) is 20.5. The van der Waals surface area contributed by atoms with Crippen LogP contribution in [-0.4, -0.2) is 94.6 Å². The zero-order valence-electron chi connectivity index (χ0n) is 19.7. The number of carboxylic acids is 1. The van der Waals surface area contributed by atoms with Gasteiger partial charge in [0.2, 0.25) is 23.6 Å². The van der Waals surface area contributed by atoms with Crippen LogP contribution in [0, 0.1) is 0 Å². The number of aliphatic hydroxyl groups excluding tert-OH is 1.